The first-order chi connectivity index (χ1) is 7.31. The topological polar surface area (TPSA) is 71.8 Å². The second-order valence-corrected chi connectivity index (χ2v) is 3.15. The van der Waals surface area contributed by atoms with Crippen LogP contribution in [0.5, 0.6) is 0 Å². The minimum atomic E-state index is -0.0444. The molecule has 0 aromatic carbocycles. The number of H-pyrrole nitrogens is 1. The fourth-order valence-corrected chi connectivity index (χ4v) is 1.36. The lowest BCUT2D eigenvalue weighted by atomic mass is 10.1. The summed E-state index contributed by atoms with van der Waals surface area (Å²) in [5.74, 6) is -0.0444. The molecule has 2 aromatic heterocycles. The summed E-state index contributed by atoms with van der Waals surface area (Å²) < 4.78 is 0. The summed E-state index contributed by atoms with van der Waals surface area (Å²) in [7, 11) is 0. The molecule has 0 aliphatic rings. The van der Waals surface area contributed by atoms with Crippen molar-refractivity contribution in [3.05, 3.63) is 53.6 Å². The molecule has 0 unspecified atom stereocenters. The number of aromatic amines is 1. The summed E-state index contributed by atoms with van der Waals surface area (Å²) in [6, 6.07) is 6.93. The van der Waals surface area contributed by atoms with E-state index in [4.69, 9.17) is 5.73 Å². The number of aromatic nitrogens is 2. The Hall–Kier alpha value is -1.94. The molecule has 0 amide bonds. The van der Waals surface area contributed by atoms with Crippen LogP contribution in [-0.2, 0) is 6.54 Å². The first kappa shape index (κ1) is 9.61. The Morgan fingerprint density at radius 3 is 3.00 bits per heavy atom. The minimum absolute atomic E-state index is 0.0444. The summed E-state index contributed by atoms with van der Waals surface area (Å²) in [4.78, 5) is 18.8. The largest absolute Gasteiger partial charge is 0.359 e. The number of hydrogen-bond acceptors (Lipinski definition) is 3. The predicted octanol–water partition coefficient (Wildman–Crippen LogP) is 1.10. The number of nitrogens with two attached hydrogens (primary N) is 1. The zero-order chi connectivity index (χ0) is 10.7. The Bertz CT molecular complexity index is 462. The maximum atomic E-state index is 11.9. The first-order valence-electron chi connectivity index (χ1n) is 4.64. The van der Waals surface area contributed by atoms with Crippen molar-refractivity contribution in [1.29, 1.82) is 0 Å². The molecule has 0 bridgehead atoms. The van der Waals surface area contributed by atoms with Gasteiger partial charge in [0.2, 0.25) is 5.78 Å². The van der Waals surface area contributed by atoms with E-state index in [1.807, 2.05) is 0 Å². The lowest BCUT2D eigenvalue weighted by molar-refractivity contribution is 0.103. The molecule has 0 saturated heterocycles. The van der Waals surface area contributed by atoms with Crippen LogP contribution in [0.15, 0.2) is 36.7 Å². The molecular weight excluding hydrogens is 190 g/mol. The Labute approximate surface area is 87.1 Å². The molecule has 2 rings (SSSR count). The summed E-state index contributed by atoms with van der Waals surface area (Å²) >= 11 is 0. The molecule has 0 aliphatic heterocycles. The Kier molecular flexibility index (Phi) is 2.60. The van der Waals surface area contributed by atoms with Gasteiger partial charge in [0.15, 0.2) is 0 Å². The van der Waals surface area contributed by atoms with Crippen molar-refractivity contribution < 1.29 is 4.79 Å². The van der Waals surface area contributed by atoms with Gasteiger partial charge in [0.1, 0.15) is 0 Å². The van der Waals surface area contributed by atoms with Crippen LogP contribution in [0.25, 0.3) is 0 Å². The number of rotatable bonds is 3. The van der Waals surface area contributed by atoms with Gasteiger partial charge in [-0.3, -0.25) is 9.78 Å². The summed E-state index contributed by atoms with van der Waals surface area (Å²) in [6.45, 7) is 0.339. The molecule has 2 heterocycles. The monoisotopic (exact) mass is 201 g/mol. The van der Waals surface area contributed by atoms with E-state index in [2.05, 4.69) is 9.97 Å². The molecule has 15 heavy (non-hydrogen) atoms. The molecule has 3 N–H and O–H groups in total. The summed E-state index contributed by atoms with van der Waals surface area (Å²) in [5.41, 5.74) is 7.35. The highest BCUT2D eigenvalue weighted by Crippen LogP contribution is 2.08. The van der Waals surface area contributed by atoms with Gasteiger partial charge in [0, 0.05) is 24.5 Å². The number of nitrogens with zero attached hydrogens (tertiary/aromatic N) is 1. The third-order valence-corrected chi connectivity index (χ3v) is 2.13. The smallest absolute Gasteiger partial charge is 0.209 e. The zero-order valence-electron chi connectivity index (χ0n) is 8.10. The highest BCUT2D eigenvalue weighted by molar-refractivity contribution is 6.07. The van der Waals surface area contributed by atoms with Crippen LogP contribution in [0.2, 0.25) is 0 Å². The number of pyridine rings is 1. The lowest BCUT2D eigenvalue weighted by Gasteiger charge is -2.00. The summed E-state index contributed by atoms with van der Waals surface area (Å²) in [6.07, 6.45) is 3.32. The Morgan fingerprint density at radius 2 is 2.33 bits per heavy atom. The van der Waals surface area contributed by atoms with Gasteiger partial charge < -0.3 is 10.7 Å². The van der Waals surface area contributed by atoms with Gasteiger partial charge >= 0.3 is 0 Å². The van der Waals surface area contributed by atoms with Crippen molar-refractivity contribution in [1.82, 2.24) is 9.97 Å². The van der Waals surface area contributed by atoms with Crippen LogP contribution >= 0.6 is 0 Å². The maximum Gasteiger partial charge on any atom is 0.209 e. The highest BCUT2D eigenvalue weighted by Gasteiger charge is 2.09. The standard InChI is InChI=1S/C11H11N3O/c12-7-9-6-8(3-5-13-9)11(15)10-2-1-4-14-10/h1-6,14H,7,12H2. The number of ketones is 1. The number of carbonyl (C=O) groups is 1. The quantitative estimate of drug-likeness (QED) is 0.730. The maximum absolute atomic E-state index is 11.9. The minimum Gasteiger partial charge on any atom is -0.359 e. The van der Waals surface area contributed by atoms with E-state index < -0.39 is 0 Å². The second kappa shape index (κ2) is 4.06. The fourth-order valence-electron chi connectivity index (χ4n) is 1.36. The highest BCUT2D eigenvalue weighted by atomic mass is 16.1. The van der Waals surface area contributed by atoms with Crippen molar-refractivity contribution in [3.8, 4) is 0 Å². The van der Waals surface area contributed by atoms with Crippen LogP contribution in [0, 0.1) is 0 Å². The number of hydrogen-bond donors (Lipinski definition) is 2. The van der Waals surface area contributed by atoms with Gasteiger partial charge in [0.25, 0.3) is 0 Å². The Balaban J connectivity index is 2.34. The first-order valence-corrected chi connectivity index (χ1v) is 4.64. The van der Waals surface area contributed by atoms with Crippen molar-refractivity contribution >= 4 is 5.78 Å². The van der Waals surface area contributed by atoms with Crippen molar-refractivity contribution in [2.75, 3.05) is 0 Å². The number of carbonyl (C=O) groups excluding carboxylic acids is 1. The average molecular weight is 201 g/mol. The van der Waals surface area contributed by atoms with Crippen molar-refractivity contribution in [2.45, 2.75) is 6.54 Å². The van der Waals surface area contributed by atoms with Gasteiger partial charge in [-0.05, 0) is 24.3 Å². The molecule has 0 fully saturated rings. The van der Waals surface area contributed by atoms with E-state index >= 15 is 0 Å². The molecule has 2 aromatic rings. The van der Waals surface area contributed by atoms with Gasteiger partial charge in [-0.25, -0.2) is 0 Å². The van der Waals surface area contributed by atoms with Gasteiger partial charge in [-0.1, -0.05) is 0 Å². The Morgan fingerprint density at radius 1 is 1.47 bits per heavy atom. The molecule has 0 saturated carbocycles. The molecule has 0 atom stereocenters. The molecule has 76 valence electrons. The van der Waals surface area contributed by atoms with Crippen LogP contribution in [0.1, 0.15) is 21.7 Å². The third kappa shape index (κ3) is 1.94. The molecular formula is C11H11N3O. The van der Waals surface area contributed by atoms with E-state index in [0.29, 0.717) is 23.5 Å². The molecule has 0 aliphatic carbocycles. The van der Waals surface area contributed by atoms with Crippen LogP contribution in [0.3, 0.4) is 0 Å². The molecule has 4 nitrogen and oxygen atoms in total. The van der Waals surface area contributed by atoms with Crippen molar-refractivity contribution in [2.24, 2.45) is 5.73 Å². The molecule has 0 spiro atoms. The third-order valence-electron chi connectivity index (χ3n) is 2.13. The second-order valence-electron chi connectivity index (χ2n) is 3.15. The van der Waals surface area contributed by atoms with E-state index in [1.54, 1.807) is 36.7 Å². The van der Waals surface area contributed by atoms with Crippen LogP contribution in [-0.4, -0.2) is 15.8 Å². The van der Waals surface area contributed by atoms with Crippen molar-refractivity contribution in [3.63, 3.8) is 0 Å². The van der Waals surface area contributed by atoms with Crippen LogP contribution in [0.4, 0.5) is 0 Å². The molecule has 0 radical (unpaired) electrons. The molecule has 4 heteroatoms. The van der Waals surface area contributed by atoms with E-state index in [-0.39, 0.29) is 5.78 Å². The van der Waals surface area contributed by atoms with Gasteiger partial charge in [0.05, 0.1) is 11.4 Å². The number of nitrogens with one attached hydrogen (secondary N) is 1. The van der Waals surface area contributed by atoms with E-state index in [0.717, 1.165) is 0 Å². The van der Waals surface area contributed by atoms with E-state index in [9.17, 15) is 4.79 Å². The average Bonchev–Trinajstić information content (AvgIpc) is 2.81. The normalized spacial score (nSPS) is 10.2. The zero-order valence-corrected chi connectivity index (χ0v) is 8.10. The summed E-state index contributed by atoms with van der Waals surface area (Å²) in [5, 5.41) is 0. The van der Waals surface area contributed by atoms with Gasteiger partial charge in [-0.2, -0.15) is 0 Å². The lowest BCUT2D eigenvalue weighted by Crippen LogP contribution is -2.05. The van der Waals surface area contributed by atoms with Crippen LogP contribution < -0.4 is 5.73 Å². The predicted molar refractivity (Wildman–Crippen MR) is 56.4 cm³/mol. The fraction of sp³-hybridized carbons (Fsp3) is 0.0909. The SMILES string of the molecule is NCc1cc(C(=O)c2ccc[nH]2)ccn1. The van der Waals surface area contributed by atoms with E-state index in [1.165, 1.54) is 0 Å². The van der Waals surface area contributed by atoms with Gasteiger partial charge in [-0.15, -0.1) is 0 Å².